The maximum absolute atomic E-state index is 11.7. The number of ether oxygens (including phenoxy) is 1. The van der Waals surface area contributed by atoms with Crippen molar-refractivity contribution in [3.63, 3.8) is 0 Å². The van der Waals surface area contributed by atoms with Crippen molar-refractivity contribution < 1.29 is 20.1 Å². The number of nitrogens with zero attached hydrogens (tertiary/aromatic N) is 3. The summed E-state index contributed by atoms with van der Waals surface area (Å²) in [6.07, 6.45) is -1.03. The summed E-state index contributed by atoms with van der Waals surface area (Å²) in [6.45, 7) is -0.492. The highest BCUT2D eigenvalue weighted by Crippen LogP contribution is 2.39. The van der Waals surface area contributed by atoms with Crippen molar-refractivity contribution in [2.45, 2.75) is 22.9 Å². The lowest BCUT2D eigenvalue weighted by Crippen LogP contribution is -2.42. The summed E-state index contributed by atoms with van der Waals surface area (Å²) in [6, 6.07) is 0. The van der Waals surface area contributed by atoms with Gasteiger partial charge >= 0.3 is 0 Å². The Bertz CT molecular complexity index is 747. The van der Waals surface area contributed by atoms with Gasteiger partial charge in [-0.15, -0.1) is 0 Å². The van der Waals surface area contributed by atoms with Gasteiger partial charge in [0, 0.05) is 0 Å². The van der Waals surface area contributed by atoms with Gasteiger partial charge in [-0.05, 0) is 0 Å². The third kappa shape index (κ3) is 1.97. The average Bonchev–Trinajstić information content (AvgIpc) is 2.95. The first-order valence-electron chi connectivity index (χ1n) is 5.95. The molecule has 0 radical (unpaired) electrons. The highest BCUT2D eigenvalue weighted by atomic mass is 79.9. The average molecular weight is 362 g/mol. The van der Waals surface area contributed by atoms with Crippen molar-refractivity contribution in [1.82, 2.24) is 19.5 Å². The molecule has 21 heavy (non-hydrogen) atoms. The number of imidazole rings is 1. The number of halogens is 1. The number of aliphatic hydroxyl groups is 3. The number of H-pyrrole nitrogens is 1. The normalized spacial score (nSPS) is 32.9. The van der Waals surface area contributed by atoms with Gasteiger partial charge in [0.25, 0.3) is 11.5 Å². The third-order valence-corrected chi connectivity index (χ3v) is 4.45. The number of rotatable bonds is 2. The topological polar surface area (TPSA) is 160 Å². The predicted molar refractivity (Wildman–Crippen MR) is 73.4 cm³/mol. The van der Waals surface area contributed by atoms with Crippen LogP contribution in [0.5, 0.6) is 0 Å². The third-order valence-electron chi connectivity index (χ3n) is 3.32. The Balaban J connectivity index is 2.19. The second kappa shape index (κ2) is 4.74. The molecule has 3 heterocycles. The van der Waals surface area contributed by atoms with E-state index in [-0.39, 0.29) is 17.1 Å². The van der Waals surface area contributed by atoms with Crippen LogP contribution in [0.25, 0.3) is 11.2 Å². The van der Waals surface area contributed by atoms with E-state index in [1.54, 1.807) is 0 Å². The minimum Gasteiger partial charge on any atom is -0.394 e. The highest BCUT2D eigenvalue weighted by Gasteiger charge is 2.55. The van der Waals surface area contributed by atoms with Crippen LogP contribution in [0.4, 0.5) is 5.95 Å². The van der Waals surface area contributed by atoms with Gasteiger partial charge in [-0.25, -0.2) is 4.98 Å². The lowest BCUT2D eigenvalue weighted by molar-refractivity contribution is -0.250. The first-order chi connectivity index (χ1) is 9.88. The lowest BCUT2D eigenvalue weighted by atomic mass is 10.1. The smallest absolute Gasteiger partial charge is 0.280 e. The molecule has 6 N–H and O–H groups in total. The minimum absolute atomic E-state index is 0.00557. The van der Waals surface area contributed by atoms with E-state index in [9.17, 15) is 15.0 Å². The molecule has 0 unspecified atom stereocenters. The lowest BCUT2D eigenvalue weighted by Gasteiger charge is -2.27. The van der Waals surface area contributed by atoms with Gasteiger partial charge in [-0.1, -0.05) is 15.9 Å². The predicted octanol–water partition coefficient (Wildman–Crippen LogP) is -2.18. The monoisotopic (exact) mass is 361 g/mol. The van der Waals surface area contributed by atoms with Crippen molar-refractivity contribution in [2.24, 2.45) is 0 Å². The Morgan fingerprint density at radius 3 is 2.95 bits per heavy atom. The van der Waals surface area contributed by atoms with Crippen LogP contribution in [0.15, 0.2) is 11.1 Å². The molecule has 0 aliphatic carbocycles. The second-order valence-corrected chi connectivity index (χ2v) is 5.61. The maximum Gasteiger partial charge on any atom is 0.280 e. The number of aromatic nitrogens is 4. The summed E-state index contributed by atoms with van der Waals surface area (Å²) in [4.78, 5) is 20.8. The molecule has 0 amide bonds. The van der Waals surface area contributed by atoms with E-state index in [4.69, 9.17) is 15.6 Å². The second-order valence-electron chi connectivity index (χ2n) is 4.63. The van der Waals surface area contributed by atoms with Crippen LogP contribution < -0.4 is 11.3 Å². The Morgan fingerprint density at radius 2 is 2.33 bits per heavy atom. The summed E-state index contributed by atoms with van der Waals surface area (Å²) in [5.74, 6) is -2.23. The largest absolute Gasteiger partial charge is 0.394 e. The first kappa shape index (κ1) is 14.4. The molecule has 1 fully saturated rings. The molecule has 1 aliphatic heterocycles. The van der Waals surface area contributed by atoms with Crippen molar-refractivity contribution in [1.29, 1.82) is 0 Å². The number of fused-ring (bicyclic) bond motifs is 1. The fourth-order valence-electron chi connectivity index (χ4n) is 2.26. The molecular formula is C10H12BrN5O5. The van der Waals surface area contributed by atoms with Gasteiger partial charge in [0.05, 0.1) is 6.61 Å². The summed E-state index contributed by atoms with van der Waals surface area (Å²) < 4.78 is 6.37. The van der Waals surface area contributed by atoms with Crippen LogP contribution in [0.1, 0.15) is 0 Å². The molecule has 1 aliphatic rings. The van der Waals surface area contributed by atoms with E-state index in [0.29, 0.717) is 0 Å². The summed E-state index contributed by atoms with van der Waals surface area (Å²) in [5.41, 5.74) is 4.87. The molecular weight excluding hydrogens is 350 g/mol. The van der Waals surface area contributed by atoms with Crippen molar-refractivity contribution in [2.75, 3.05) is 12.3 Å². The zero-order valence-electron chi connectivity index (χ0n) is 10.5. The van der Waals surface area contributed by atoms with Crippen LogP contribution >= 0.6 is 15.9 Å². The van der Waals surface area contributed by atoms with Crippen LogP contribution in [0, 0.1) is 0 Å². The standard InChI is InChI=1S/C10H12BrN5O5/c11-6-5(18)3(1-17)21-10(6,20)16-2-13-4-7(16)14-9(12)15-8(4)19/h2-3,5-6,17-18,20H,1H2,(H3,12,14,15,19)/t3-,5-,6-,10-/m1/s1. The zero-order chi connectivity index (χ0) is 15.4. The number of aromatic amines is 1. The first-order valence-corrected chi connectivity index (χ1v) is 6.86. The Labute approximate surface area is 125 Å². The Morgan fingerprint density at radius 1 is 1.62 bits per heavy atom. The van der Waals surface area contributed by atoms with Gasteiger partial charge < -0.3 is 25.8 Å². The summed E-state index contributed by atoms with van der Waals surface area (Å²) in [5, 5.41) is 29.7. The number of anilines is 1. The molecule has 4 atom stereocenters. The van der Waals surface area contributed by atoms with Gasteiger partial charge in [0.15, 0.2) is 11.2 Å². The number of nitrogens with two attached hydrogens (primary N) is 1. The molecule has 10 nitrogen and oxygen atoms in total. The van der Waals surface area contributed by atoms with Gasteiger partial charge in [0.2, 0.25) is 5.95 Å². The Kier molecular flexibility index (Phi) is 3.26. The molecule has 114 valence electrons. The van der Waals surface area contributed by atoms with Gasteiger partial charge in [-0.3, -0.25) is 14.3 Å². The van der Waals surface area contributed by atoms with Gasteiger partial charge in [0.1, 0.15) is 23.4 Å². The quantitative estimate of drug-likeness (QED) is 0.377. The number of aliphatic hydroxyl groups excluding tert-OH is 2. The molecule has 2 aromatic rings. The zero-order valence-corrected chi connectivity index (χ0v) is 12.1. The SMILES string of the molecule is Nc1nc2c(ncn2[C@]2(O)O[C@H](CO)[C@@H](O)[C@H]2Br)c(=O)[nH]1. The molecule has 3 rings (SSSR count). The van der Waals surface area contributed by atoms with Gasteiger partial charge in [-0.2, -0.15) is 4.98 Å². The van der Waals surface area contributed by atoms with Crippen molar-refractivity contribution >= 4 is 33.0 Å². The van der Waals surface area contributed by atoms with Crippen LogP contribution in [0.2, 0.25) is 0 Å². The minimum atomic E-state index is -2.07. The number of nitrogen functional groups attached to an aromatic ring is 1. The van der Waals surface area contributed by atoms with Crippen LogP contribution in [-0.4, -0.2) is 58.5 Å². The number of hydrogen-bond acceptors (Lipinski definition) is 8. The van der Waals surface area contributed by atoms with Crippen molar-refractivity contribution in [3.05, 3.63) is 16.7 Å². The molecule has 0 aromatic carbocycles. The molecule has 0 saturated carbocycles. The number of alkyl halides is 1. The molecule has 2 aromatic heterocycles. The van der Waals surface area contributed by atoms with E-state index >= 15 is 0 Å². The number of hydrogen-bond donors (Lipinski definition) is 5. The summed E-state index contributed by atoms with van der Waals surface area (Å²) in [7, 11) is 0. The maximum atomic E-state index is 11.7. The van der Waals surface area contributed by atoms with Crippen molar-refractivity contribution in [3.8, 4) is 0 Å². The van der Waals surface area contributed by atoms with E-state index in [1.165, 1.54) is 0 Å². The fourth-order valence-corrected chi connectivity index (χ4v) is 2.93. The van der Waals surface area contributed by atoms with Crippen LogP contribution in [-0.2, 0) is 10.6 Å². The summed E-state index contributed by atoms with van der Waals surface area (Å²) >= 11 is 3.12. The molecule has 0 spiro atoms. The fraction of sp³-hybridized carbons (Fsp3) is 0.500. The van der Waals surface area contributed by atoms with E-state index < -0.39 is 35.1 Å². The Hall–Kier alpha value is -1.53. The van der Waals surface area contributed by atoms with Crippen LogP contribution in [0.3, 0.4) is 0 Å². The van der Waals surface area contributed by atoms with E-state index in [0.717, 1.165) is 10.9 Å². The number of nitrogens with one attached hydrogen (secondary N) is 1. The molecule has 0 bridgehead atoms. The van der Waals surface area contributed by atoms with E-state index in [1.807, 2.05) is 0 Å². The highest BCUT2D eigenvalue weighted by molar-refractivity contribution is 9.09. The van der Waals surface area contributed by atoms with E-state index in [2.05, 4.69) is 30.9 Å². The molecule has 11 heteroatoms. The molecule has 1 saturated heterocycles.